The molecule has 2 N–H and O–H groups in total. The lowest BCUT2D eigenvalue weighted by molar-refractivity contribution is 0.0598. The Bertz CT molecular complexity index is 767. The van der Waals surface area contributed by atoms with Gasteiger partial charge in [-0.2, -0.15) is 5.10 Å². The Morgan fingerprint density at radius 3 is 2.48 bits per heavy atom. The second-order valence-electron chi connectivity index (χ2n) is 6.63. The van der Waals surface area contributed by atoms with Crippen LogP contribution in [0, 0.1) is 0 Å². The van der Waals surface area contributed by atoms with Gasteiger partial charge in [-0.15, -0.1) is 0 Å². The van der Waals surface area contributed by atoms with Gasteiger partial charge in [-0.3, -0.25) is 9.89 Å². The van der Waals surface area contributed by atoms with Gasteiger partial charge in [-0.1, -0.05) is 13.8 Å². The number of hydrogen-bond acceptors (Lipinski definition) is 4. The van der Waals surface area contributed by atoms with E-state index in [1.54, 1.807) is 12.1 Å². The van der Waals surface area contributed by atoms with Crippen LogP contribution in [0.25, 0.3) is 0 Å². The van der Waals surface area contributed by atoms with Crippen molar-refractivity contribution < 1.29 is 14.7 Å². The number of rotatable bonds is 4. The van der Waals surface area contributed by atoms with Crippen LogP contribution in [-0.4, -0.2) is 43.6 Å². The van der Waals surface area contributed by atoms with Crippen LogP contribution in [0.1, 0.15) is 77.4 Å². The maximum absolute atomic E-state index is 12.9. The summed E-state index contributed by atoms with van der Waals surface area (Å²) < 4.78 is 0. The van der Waals surface area contributed by atoms with E-state index in [1.807, 2.05) is 18.7 Å². The summed E-state index contributed by atoms with van der Waals surface area (Å²) >= 11 is 0. The predicted octanol–water partition coefficient (Wildman–Crippen LogP) is 2.99. The van der Waals surface area contributed by atoms with Gasteiger partial charge in [0, 0.05) is 18.0 Å². The Balaban J connectivity index is 1.84. The molecule has 132 valence electrons. The molecule has 0 radical (unpaired) electrons. The lowest BCUT2D eigenvalue weighted by Gasteiger charge is -2.34. The molecule has 2 heterocycles. The number of aromatic carboxylic acids is 1. The number of nitrogens with zero attached hydrogens (tertiary/aromatic N) is 3. The van der Waals surface area contributed by atoms with Gasteiger partial charge in [0.05, 0.1) is 11.6 Å². The van der Waals surface area contributed by atoms with E-state index in [9.17, 15) is 9.59 Å². The maximum Gasteiger partial charge on any atom is 0.335 e. The molecular weight excluding hydrogens is 320 g/mol. The highest BCUT2D eigenvalue weighted by Crippen LogP contribution is 2.30. The molecule has 1 aromatic heterocycles. The molecule has 1 atom stereocenters. The van der Waals surface area contributed by atoms with E-state index in [2.05, 4.69) is 15.2 Å². The quantitative estimate of drug-likeness (QED) is 0.890. The maximum atomic E-state index is 12.9. The summed E-state index contributed by atoms with van der Waals surface area (Å²) in [5, 5.41) is 16.2. The van der Waals surface area contributed by atoms with Crippen LogP contribution in [0.3, 0.4) is 0 Å². The lowest BCUT2D eigenvalue weighted by Crippen LogP contribution is -2.39. The first-order valence-corrected chi connectivity index (χ1v) is 8.54. The minimum absolute atomic E-state index is 0.107. The largest absolute Gasteiger partial charge is 0.478 e. The van der Waals surface area contributed by atoms with Gasteiger partial charge in [0.1, 0.15) is 5.82 Å². The van der Waals surface area contributed by atoms with Gasteiger partial charge < -0.3 is 10.0 Å². The molecule has 7 nitrogen and oxygen atoms in total. The molecule has 0 aliphatic carbocycles. The normalized spacial score (nSPS) is 17.7. The molecule has 25 heavy (non-hydrogen) atoms. The fraction of sp³-hybridized carbons (Fsp3) is 0.444. The molecule has 0 bridgehead atoms. The molecule has 1 aliphatic heterocycles. The van der Waals surface area contributed by atoms with Crippen molar-refractivity contribution in [1.29, 1.82) is 0 Å². The zero-order valence-corrected chi connectivity index (χ0v) is 14.4. The number of carboxylic acids is 1. The number of H-pyrrole nitrogens is 1. The van der Waals surface area contributed by atoms with Crippen molar-refractivity contribution in [2.75, 3.05) is 6.54 Å². The number of benzene rings is 1. The Morgan fingerprint density at radius 2 is 1.88 bits per heavy atom. The molecule has 1 fully saturated rings. The third kappa shape index (κ3) is 3.55. The summed E-state index contributed by atoms with van der Waals surface area (Å²) in [5.74, 6) is 0.584. The number of likely N-dealkylation sites (tertiary alicyclic amines) is 1. The summed E-state index contributed by atoms with van der Waals surface area (Å²) in [4.78, 5) is 30.3. The van der Waals surface area contributed by atoms with E-state index in [4.69, 9.17) is 5.11 Å². The van der Waals surface area contributed by atoms with Crippen molar-refractivity contribution in [2.45, 2.75) is 45.1 Å². The molecule has 0 saturated carbocycles. The molecule has 1 aromatic carbocycles. The third-order valence-electron chi connectivity index (χ3n) is 4.49. The van der Waals surface area contributed by atoms with Crippen molar-refractivity contribution in [3.63, 3.8) is 0 Å². The fourth-order valence-electron chi connectivity index (χ4n) is 3.08. The molecule has 7 heteroatoms. The molecular formula is C18H22N4O3. The second kappa shape index (κ2) is 7.04. The van der Waals surface area contributed by atoms with Crippen molar-refractivity contribution in [1.82, 2.24) is 20.1 Å². The zero-order valence-electron chi connectivity index (χ0n) is 14.4. The Labute approximate surface area is 146 Å². The number of carbonyl (C=O) groups is 2. The first-order chi connectivity index (χ1) is 12.0. The fourth-order valence-corrected chi connectivity index (χ4v) is 3.08. The van der Waals surface area contributed by atoms with E-state index in [1.165, 1.54) is 12.1 Å². The van der Waals surface area contributed by atoms with Crippen LogP contribution >= 0.6 is 0 Å². The number of amides is 1. The minimum Gasteiger partial charge on any atom is -0.478 e. The third-order valence-corrected chi connectivity index (χ3v) is 4.49. The van der Waals surface area contributed by atoms with Crippen molar-refractivity contribution in [2.24, 2.45) is 0 Å². The lowest BCUT2D eigenvalue weighted by atomic mass is 10.00. The van der Waals surface area contributed by atoms with E-state index in [-0.39, 0.29) is 23.4 Å². The number of aromatic amines is 1. The predicted molar refractivity (Wildman–Crippen MR) is 91.5 cm³/mol. The summed E-state index contributed by atoms with van der Waals surface area (Å²) in [6, 6.07) is 5.93. The number of nitrogens with one attached hydrogen (secondary N) is 1. The number of piperidine rings is 1. The van der Waals surface area contributed by atoms with Crippen LogP contribution in [0.15, 0.2) is 24.3 Å². The molecule has 1 saturated heterocycles. The van der Waals surface area contributed by atoms with Crippen LogP contribution in [0.5, 0.6) is 0 Å². The highest BCUT2D eigenvalue weighted by molar-refractivity contribution is 5.96. The topological polar surface area (TPSA) is 99.2 Å². The van der Waals surface area contributed by atoms with Crippen molar-refractivity contribution >= 4 is 11.9 Å². The zero-order chi connectivity index (χ0) is 18.0. The highest BCUT2D eigenvalue weighted by atomic mass is 16.4. The number of hydrogen-bond donors (Lipinski definition) is 2. The van der Waals surface area contributed by atoms with E-state index < -0.39 is 5.97 Å². The molecule has 3 rings (SSSR count). The van der Waals surface area contributed by atoms with Crippen LogP contribution in [0.2, 0.25) is 0 Å². The number of carboxylic acid groups (broad SMARTS) is 1. The summed E-state index contributed by atoms with van der Waals surface area (Å²) in [6.07, 6.45) is 2.82. The van der Waals surface area contributed by atoms with Gasteiger partial charge in [0.2, 0.25) is 0 Å². The van der Waals surface area contributed by atoms with Crippen LogP contribution in [-0.2, 0) is 0 Å². The number of carbonyl (C=O) groups excluding carboxylic acids is 1. The van der Waals surface area contributed by atoms with Gasteiger partial charge in [0.15, 0.2) is 5.82 Å². The first-order valence-electron chi connectivity index (χ1n) is 8.54. The molecule has 1 unspecified atom stereocenters. The Kier molecular flexibility index (Phi) is 4.83. The van der Waals surface area contributed by atoms with Crippen LogP contribution in [0.4, 0.5) is 0 Å². The molecule has 0 spiro atoms. The molecule has 2 aromatic rings. The monoisotopic (exact) mass is 342 g/mol. The van der Waals surface area contributed by atoms with Crippen LogP contribution < -0.4 is 0 Å². The van der Waals surface area contributed by atoms with E-state index >= 15 is 0 Å². The number of aromatic nitrogens is 3. The van der Waals surface area contributed by atoms with Gasteiger partial charge in [-0.25, -0.2) is 9.78 Å². The summed E-state index contributed by atoms with van der Waals surface area (Å²) in [5.41, 5.74) is 0.657. The minimum atomic E-state index is -1.00. The van der Waals surface area contributed by atoms with Crippen molar-refractivity contribution in [3.8, 4) is 0 Å². The average molecular weight is 342 g/mol. The summed E-state index contributed by atoms with van der Waals surface area (Å²) in [7, 11) is 0. The first kappa shape index (κ1) is 17.1. The smallest absolute Gasteiger partial charge is 0.335 e. The Morgan fingerprint density at radius 1 is 1.20 bits per heavy atom. The van der Waals surface area contributed by atoms with E-state index in [0.717, 1.165) is 30.9 Å². The average Bonchev–Trinajstić information content (AvgIpc) is 3.11. The standard InChI is InChI=1S/C18H22N4O3/c1-11(2)15-19-16(21-20-15)14-5-3-4-10-22(14)17(23)12-6-8-13(9-7-12)18(24)25/h6-9,11,14H,3-5,10H2,1-2H3,(H,24,25)(H,19,20,21). The molecule has 1 amide bonds. The van der Waals surface area contributed by atoms with Gasteiger partial charge >= 0.3 is 5.97 Å². The van der Waals surface area contributed by atoms with Gasteiger partial charge in [0.25, 0.3) is 5.91 Å². The molecule has 1 aliphatic rings. The Hall–Kier alpha value is -2.70. The highest BCUT2D eigenvalue weighted by Gasteiger charge is 2.31. The van der Waals surface area contributed by atoms with E-state index in [0.29, 0.717) is 12.1 Å². The SMILES string of the molecule is CC(C)c1n[nH]c(C2CCCCN2C(=O)c2ccc(C(=O)O)cc2)n1. The van der Waals surface area contributed by atoms with Crippen molar-refractivity contribution in [3.05, 3.63) is 47.0 Å². The van der Waals surface area contributed by atoms with Gasteiger partial charge in [-0.05, 0) is 43.5 Å². The second-order valence-corrected chi connectivity index (χ2v) is 6.63. The summed E-state index contributed by atoms with van der Waals surface area (Å²) in [6.45, 7) is 4.71.